The molecule has 1 aromatic rings. The van der Waals surface area contributed by atoms with Gasteiger partial charge < -0.3 is 5.73 Å². The minimum Gasteiger partial charge on any atom is -0.326 e. The SMILES string of the molecule is N#Cc1ccc(S(=O)(=O)N2CC[C@@H](N)C2)cc1Cl. The third-order valence-electron chi connectivity index (χ3n) is 2.89. The van der Waals surface area contributed by atoms with Gasteiger partial charge in [-0.25, -0.2) is 8.42 Å². The molecule has 1 aliphatic heterocycles. The number of hydrogen-bond donors (Lipinski definition) is 1. The van der Waals surface area contributed by atoms with Crippen LogP contribution in [0.3, 0.4) is 0 Å². The van der Waals surface area contributed by atoms with Crippen molar-refractivity contribution in [2.24, 2.45) is 5.73 Å². The maximum Gasteiger partial charge on any atom is 0.243 e. The number of rotatable bonds is 2. The highest BCUT2D eigenvalue weighted by Crippen LogP contribution is 2.24. The molecule has 2 rings (SSSR count). The Hall–Kier alpha value is -1.13. The van der Waals surface area contributed by atoms with Crippen LogP contribution in [0.15, 0.2) is 23.1 Å². The van der Waals surface area contributed by atoms with Crippen LogP contribution in [-0.2, 0) is 10.0 Å². The second kappa shape index (κ2) is 4.86. The molecule has 0 unspecified atom stereocenters. The van der Waals surface area contributed by atoms with Crippen molar-refractivity contribution in [1.82, 2.24) is 4.31 Å². The molecular formula is C11H12ClN3O2S. The summed E-state index contributed by atoms with van der Waals surface area (Å²) in [6.45, 7) is 0.737. The highest BCUT2D eigenvalue weighted by Gasteiger charge is 2.31. The Bertz CT molecular complexity index is 609. The molecule has 96 valence electrons. The summed E-state index contributed by atoms with van der Waals surface area (Å²) in [5.74, 6) is 0. The first-order chi connectivity index (χ1) is 8.45. The highest BCUT2D eigenvalue weighted by molar-refractivity contribution is 7.89. The number of sulfonamides is 1. The normalized spacial score (nSPS) is 20.8. The summed E-state index contributed by atoms with van der Waals surface area (Å²) < 4.78 is 25.9. The summed E-state index contributed by atoms with van der Waals surface area (Å²) in [6.07, 6.45) is 0.656. The number of benzene rings is 1. The van der Waals surface area contributed by atoms with E-state index in [4.69, 9.17) is 22.6 Å². The van der Waals surface area contributed by atoms with Crippen molar-refractivity contribution in [2.75, 3.05) is 13.1 Å². The van der Waals surface area contributed by atoms with Crippen LogP contribution in [0.5, 0.6) is 0 Å². The lowest BCUT2D eigenvalue weighted by Gasteiger charge is -2.16. The van der Waals surface area contributed by atoms with E-state index in [-0.39, 0.29) is 21.5 Å². The van der Waals surface area contributed by atoms with E-state index in [1.165, 1.54) is 22.5 Å². The molecule has 18 heavy (non-hydrogen) atoms. The fraction of sp³-hybridized carbons (Fsp3) is 0.364. The molecule has 1 aliphatic rings. The van der Waals surface area contributed by atoms with Gasteiger partial charge >= 0.3 is 0 Å². The van der Waals surface area contributed by atoms with Gasteiger partial charge in [-0.1, -0.05) is 11.6 Å². The quantitative estimate of drug-likeness (QED) is 0.876. The third kappa shape index (κ3) is 2.35. The smallest absolute Gasteiger partial charge is 0.243 e. The molecule has 0 radical (unpaired) electrons. The number of nitrogens with zero attached hydrogens (tertiary/aromatic N) is 2. The zero-order valence-electron chi connectivity index (χ0n) is 9.51. The Morgan fingerprint density at radius 3 is 2.72 bits per heavy atom. The van der Waals surface area contributed by atoms with Gasteiger partial charge in [0.25, 0.3) is 0 Å². The summed E-state index contributed by atoms with van der Waals surface area (Å²) in [5.41, 5.74) is 5.96. The van der Waals surface area contributed by atoms with Crippen LogP contribution in [-0.4, -0.2) is 31.9 Å². The lowest BCUT2D eigenvalue weighted by atomic mass is 10.2. The number of hydrogen-bond acceptors (Lipinski definition) is 4. The zero-order valence-corrected chi connectivity index (χ0v) is 11.1. The summed E-state index contributed by atoms with van der Waals surface area (Å²) in [5, 5.41) is 8.89. The molecule has 1 heterocycles. The van der Waals surface area contributed by atoms with Crippen LogP contribution >= 0.6 is 11.6 Å². The zero-order chi connectivity index (χ0) is 13.3. The van der Waals surface area contributed by atoms with Crippen LogP contribution in [0.2, 0.25) is 5.02 Å². The van der Waals surface area contributed by atoms with Crippen molar-refractivity contribution >= 4 is 21.6 Å². The van der Waals surface area contributed by atoms with Crippen molar-refractivity contribution in [3.05, 3.63) is 28.8 Å². The molecule has 1 saturated heterocycles. The molecule has 1 fully saturated rings. The van der Waals surface area contributed by atoms with E-state index in [1.54, 1.807) is 0 Å². The van der Waals surface area contributed by atoms with Gasteiger partial charge in [-0.3, -0.25) is 0 Å². The maximum absolute atomic E-state index is 12.3. The van der Waals surface area contributed by atoms with Gasteiger partial charge in [0.2, 0.25) is 10.0 Å². The van der Waals surface area contributed by atoms with E-state index in [0.717, 1.165) is 0 Å². The summed E-state index contributed by atoms with van der Waals surface area (Å²) >= 11 is 5.84. The lowest BCUT2D eigenvalue weighted by Crippen LogP contribution is -2.31. The van der Waals surface area contributed by atoms with Crippen molar-refractivity contribution < 1.29 is 8.42 Å². The first-order valence-electron chi connectivity index (χ1n) is 5.40. The largest absolute Gasteiger partial charge is 0.326 e. The molecule has 0 aromatic heterocycles. The van der Waals surface area contributed by atoms with Crippen LogP contribution in [0.4, 0.5) is 0 Å². The summed E-state index contributed by atoms with van der Waals surface area (Å²) in [7, 11) is -3.56. The Morgan fingerprint density at radius 2 is 2.22 bits per heavy atom. The standard InChI is InChI=1S/C11H12ClN3O2S/c12-11-5-10(2-1-8(11)6-13)18(16,17)15-4-3-9(14)7-15/h1-2,5,9H,3-4,7,14H2/t9-/m1/s1. The average Bonchev–Trinajstić information content (AvgIpc) is 2.76. The fourth-order valence-electron chi connectivity index (χ4n) is 1.87. The number of halogens is 1. The van der Waals surface area contributed by atoms with Gasteiger partial charge in [0.15, 0.2) is 0 Å². The monoisotopic (exact) mass is 285 g/mol. The topological polar surface area (TPSA) is 87.2 Å². The number of nitriles is 1. The maximum atomic E-state index is 12.3. The lowest BCUT2D eigenvalue weighted by molar-refractivity contribution is 0.472. The molecule has 0 bridgehead atoms. The fourth-order valence-corrected chi connectivity index (χ4v) is 3.69. The van der Waals surface area contributed by atoms with Gasteiger partial charge in [-0.2, -0.15) is 9.57 Å². The van der Waals surface area contributed by atoms with Crippen LogP contribution < -0.4 is 5.73 Å². The van der Waals surface area contributed by atoms with Crippen molar-refractivity contribution in [2.45, 2.75) is 17.4 Å². The van der Waals surface area contributed by atoms with Gasteiger partial charge in [0, 0.05) is 19.1 Å². The second-order valence-electron chi connectivity index (χ2n) is 4.17. The summed E-state index contributed by atoms with van der Waals surface area (Å²) in [6, 6.07) is 5.88. The molecule has 0 aliphatic carbocycles. The van der Waals surface area contributed by atoms with E-state index >= 15 is 0 Å². The predicted octanol–water partition coefficient (Wildman–Crippen LogP) is 0.933. The molecule has 7 heteroatoms. The van der Waals surface area contributed by atoms with Crippen LogP contribution in [0, 0.1) is 11.3 Å². The van der Waals surface area contributed by atoms with Gasteiger partial charge in [-0.15, -0.1) is 0 Å². The van der Waals surface area contributed by atoms with E-state index in [2.05, 4.69) is 0 Å². The van der Waals surface area contributed by atoms with Crippen molar-refractivity contribution in [3.63, 3.8) is 0 Å². The van der Waals surface area contributed by atoms with Crippen LogP contribution in [0.25, 0.3) is 0 Å². The Kier molecular flexibility index (Phi) is 3.59. The Labute approximate surface area is 111 Å². The molecule has 1 atom stereocenters. The Morgan fingerprint density at radius 1 is 1.50 bits per heavy atom. The van der Waals surface area contributed by atoms with Gasteiger partial charge in [-0.05, 0) is 24.6 Å². The van der Waals surface area contributed by atoms with Gasteiger partial charge in [0.05, 0.1) is 15.5 Å². The molecule has 0 amide bonds. The summed E-state index contributed by atoms with van der Waals surface area (Å²) in [4.78, 5) is 0.0978. The highest BCUT2D eigenvalue weighted by atomic mass is 35.5. The van der Waals surface area contributed by atoms with Crippen molar-refractivity contribution in [3.8, 4) is 6.07 Å². The molecule has 0 saturated carbocycles. The molecule has 5 nitrogen and oxygen atoms in total. The van der Waals surface area contributed by atoms with Crippen molar-refractivity contribution in [1.29, 1.82) is 5.26 Å². The van der Waals surface area contributed by atoms with Crippen LogP contribution in [0.1, 0.15) is 12.0 Å². The predicted molar refractivity (Wildman–Crippen MR) is 67.5 cm³/mol. The first kappa shape index (κ1) is 13.3. The molecule has 2 N–H and O–H groups in total. The molecule has 1 aromatic carbocycles. The van der Waals surface area contributed by atoms with E-state index in [9.17, 15) is 8.42 Å². The number of nitrogens with two attached hydrogens (primary N) is 1. The minimum atomic E-state index is -3.56. The Balaban J connectivity index is 2.37. The minimum absolute atomic E-state index is 0.0978. The second-order valence-corrected chi connectivity index (χ2v) is 6.51. The van der Waals surface area contributed by atoms with E-state index in [0.29, 0.717) is 19.5 Å². The third-order valence-corrected chi connectivity index (χ3v) is 5.06. The first-order valence-corrected chi connectivity index (χ1v) is 7.22. The van der Waals surface area contributed by atoms with E-state index < -0.39 is 10.0 Å². The molecule has 0 spiro atoms. The van der Waals surface area contributed by atoms with E-state index in [1.807, 2.05) is 6.07 Å². The molecular weight excluding hydrogens is 274 g/mol. The van der Waals surface area contributed by atoms with Gasteiger partial charge in [0.1, 0.15) is 6.07 Å². The average molecular weight is 286 g/mol.